The number of hydrogen-bond acceptors (Lipinski definition) is 5. The summed E-state index contributed by atoms with van der Waals surface area (Å²) >= 11 is 0. The van der Waals surface area contributed by atoms with Crippen LogP contribution >= 0.6 is 0 Å². The van der Waals surface area contributed by atoms with Crippen molar-refractivity contribution in [3.05, 3.63) is 17.5 Å². The molecule has 2 heterocycles. The molecule has 0 unspecified atom stereocenters. The van der Waals surface area contributed by atoms with Crippen LogP contribution in [0.5, 0.6) is 0 Å². The van der Waals surface area contributed by atoms with Gasteiger partial charge in [-0.3, -0.25) is 9.48 Å². The first-order valence-electron chi connectivity index (χ1n) is 10.1. The molecule has 1 fully saturated rings. The average molecular weight is 395 g/mol. The Balaban J connectivity index is 2.02. The van der Waals surface area contributed by atoms with E-state index in [1.54, 1.807) is 15.8 Å². The summed E-state index contributed by atoms with van der Waals surface area (Å²) in [6, 6.07) is 0. The van der Waals surface area contributed by atoms with Gasteiger partial charge in [-0.05, 0) is 47.0 Å². The van der Waals surface area contributed by atoms with Crippen molar-refractivity contribution >= 4 is 12.0 Å². The van der Waals surface area contributed by atoms with E-state index in [1.807, 2.05) is 34.7 Å². The van der Waals surface area contributed by atoms with Crippen molar-refractivity contribution in [1.82, 2.24) is 20.0 Å². The molecule has 0 bridgehead atoms. The Kier molecular flexibility index (Phi) is 7.86. The number of piperidine rings is 1. The molecule has 28 heavy (non-hydrogen) atoms. The molecule has 158 valence electrons. The SMILES string of the molecule is CCOCCCNC(=O)c1cn(C)nc1[C@H]1CCCN(C(=O)OC(C)(C)C)C1. The smallest absolute Gasteiger partial charge is 0.410 e. The van der Waals surface area contributed by atoms with E-state index >= 15 is 0 Å². The van der Waals surface area contributed by atoms with Crippen LogP contribution in [0.25, 0.3) is 0 Å². The van der Waals surface area contributed by atoms with Gasteiger partial charge in [0.2, 0.25) is 0 Å². The highest BCUT2D eigenvalue weighted by Crippen LogP contribution is 2.29. The van der Waals surface area contributed by atoms with Crippen molar-refractivity contribution in [2.75, 3.05) is 32.8 Å². The van der Waals surface area contributed by atoms with Crippen molar-refractivity contribution in [3.8, 4) is 0 Å². The standard InChI is InChI=1S/C20H34N4O4/c1-6-27-12-8-10-21-18(25)16-14-23(5)22-17(16)15-9-7-11-24(13-15)19(26)28-20(2,3)4/h14-15H,6-13H2,1-5H3,(H,21,25)/t15-/m0/s1. The summed E-state index contributed by atoms with van der Waals surface area (Å²) in [7, 11) is 1.81. The molecule has 1 aromatic heterocycles. The first kappa shape index (κ1) is 22.2. The Morgan fingerprint density at radius 3 is 2.79 bits per heavy atom. The van der Waals surface area contributed by atoms with Gasteiger partial charge in [-0.25, -0.2) is 4.79 Å². The molecule has 8 nitrogen and oxygen atoms in total. The average Bonchev–Trinajstić information content (AvgIpc) is 3.02. The van der Waals surface area contributed by atoms with E-state index < -0.39 is 5.60 Å². The van der Waals surface area contributed by atoms with Crippen LogP contribution in [0.2, 0.25) is 0 Å². The molecule has 0 saturated carbocycles. The zero-order valence-electron chi connectivity index (χ0n) is 17.8. The first-order valence-corrected chi connectivity index (χ1v) is 10.1. The normalized spacial score (nSPS) is 17.5. The Bertz CT molecular complexity index is 666. The number of carbonyl (C=O) groups is 2. The van der Waals surface area contributed by atoms with Gasteiger partial charge >= 0.3 is 6.09 Å². The van der Waals surface area contributed by atoms with Gasteiger partial charge in [0.15, 0.2) is 0 Å². The molecule has 8 heteroatoms. The summed E-state index contributed by atoms with van der Waals surface area (Å²) in [6.45, 7) is 10.6. The van der Waals surface area contributed by atoms with Gasteiger partial charge in [-0.1, -0.05) is 0 Å². The third-order valence-electron chi connectivity index (χ3n) is 4.52. The lowest BCUT2D eigenvalue weighted by Gasteiger charge is -2.33. The summed E-state index contributed by atoms with van der Waals surface area (Å²) in [6.07, 6.45) is 3.96. The molecule has 0 radical (unpaired) electrons. The monoisotopic (exact) mass is 394 g/mol. The lowest BCUT2D eigenvalue weighted by atomic mass is 9.92. The van der Waals surface area contributed by atoms with Gasteiger partial charge in [-0.2, -0.15) is 5.10 Å². The van der Waals surface area contributed by atoms with Gasteiger partial charge in [0.25, 0.3) is 5.91 Å². The Morgan fingerprint density at radius 2 is 2.11 bits per heavy atom. The maximum atomic E-state index is 12.6. The Morgan fingerprint density at radius 1 is 1.36 bits per heavy atom. The molecule has 1 aliphatic rings. The fourth-order valence-corrected chi connectivity index (χ4v) is 3.29. The molecule has 0 aromatic carbocycles. The maximum Gasteiger partial charge on any atom is 0.410 e. The van der Waals surface area contributed by atoms with Crippen molar-refractivity contribution < 1.29 is 19.1 Å². The van der Waals surface area contributed by atoms with E-state index in [1.165, 1.54) is 0 Å². The van der Waals surface area contributed by atoms with Gasteiger partial charge < -0.3 is 19.7 Å². The van der Waals surface area contributed by atoms with Crippen molar-refractivity contribution in [2.24, 2.45) is 7.05 Å². The van der Waals surface area contributed by atoms with Crippen LogP contribution in [-0.2, 0) is 16.5 Å². The predicted octanol–water partition coefficient (Wildman–Crippen LogP) is 2.69. The minimum Gasteiger partial charge on any atom is -0.444 e. The highest BCUT2D eigenvalue weighted by atomic mass is 16.6. The molecular formula is C20H34N4O4. The van der Waals surface area contributed by atoms with Crippen molar-refractivity contribution in [3.63, 3.8) is 0 Å². The second-order valence-corrected chi connectivity index (χ2v) is 8.17. The second kappa shape index (κ2) is 9.91. The molecule has 1 N–H and O–H groups in total. The summed E-state index contributed by atoms with van der Waals surface area (Å²) < 4.78 is 12.5. The number of carbonyl (C=O) groups excluding carboxylic acids is 2. The van der Waals surface area contributed by atoms with Crippen molar-refractivity contribution in [1.29, 1.82) is 0 Å². The molecule has 2 rings (SSSR count). The van der Waals surface area contributed by atoms with Gasteiger partial charge in [0.05, 0.1) is 11.3 Å². The second-order valence-electron chi connectivity index (χ2n) is 8.17. The number of amides is 2. The molecule has 0 spiro atoms. The first-order chi connectivity index (χ1) is 13.2. The van der Waals surface area contributed by atoms with E-state index in [-0.39, 0.29) is 17.9 Å². The van der Waals surface area contributed by atoms with E-state index in [0.717, 1.165) is 25.0 Å². The zero-order chi connectivity index (χ0) is 20.7. The highest BCUT2D eigenvalue weighted by molar-refractivity contribution is 5.95. The van der Waals surface area contributed by atoms with Gasteiger partial charge in [0, 0.05) is 52.0 Å². The molecule has 1 aromatic rings. The largest absolute Gasteiger partial charge is 0.444 e. The van der Waals surface area contributed by atoms with Gasteiger partial charge in [0.1, 0.15) is 5.60 Å². The molecule has 0 aliphatic carbocycles. The Labute approximate surface area is 167 Å². The zero-order valence-corrected chi connectivity index (χ0v) is 17.8. The number of aryl methyl sites for hydroxylation is 1. The lowest BCUT2D eigenvalue weighted by molar-refractivity contribution is 0.0197. The number of aromatic nitrogens is 2. The number of nitrogens with one attached hydrogen (secondary N) is 1. The van der Waals surface area contributed by atoms with Crippen LogP contribution < -0.4 is 5.32 Å². The molecule has 1 saturated heterocycles. The number of ether oxygens (including phenoxy) is 2. The topological polar surface area (TPSA) is 85.7 Å². The fourth-order valence-electron chi connectivity index (χ4n) is 3.29. The number of nitrogens with zero attached hydrogens (tertiary/aromatic N) is 3. The summed E-state index contributed by atoms with van der Waals surface area (Å²) in [5, 5.41) is 7.47. The third-order valence-corrected chi connectivity index (χ3v) is 4.52. The van der Waals surface area contributed by atoms with Crippen LogP contribution in [0, 0.1) is 0 Å². The minimum atomic E-state index is -0.526. The van der Waals surface area contributed by atoms with E-state index in [4.69, 9.17) is 9.47 Å². The summed E-state index contributed by atoms with van der Waals surface area (Å²) in [5.74, 6) is -0.111. The molecule has 1 aliphatic heterocycles. The van der Waals surface area contributed by atoms with Crippen LogP contribution in [0.3, 0.4) is 0 Å². The predicted molar refractivity (Wildman–Crippen MR) is 106 cm³/mol. The maximum absolute atomic E-state index is 12.6. The molecule has 1 atom stereocenters. The van der Waals surface area contributed by atoms with Gasteiger partial charge in [-0.15, -0.1) is 0 Å². The molecular weight excluding hydrogens is 360 g/mol. The van der Waals surface area contributed by atoms with E-state index in [0.29, 0.717) is 38.4 Å². The van der Waals surface area contributed by atoms with Crippen LogP contribution in [0.4, 0.5) is 4.79 Å². The third kappa shape index (κ3) is 6.51. The lowest BCUT2D eigenvalue weighted by Crippen LogP contribution is -2.42. The summed E-state index contributed by atoms with van der Waals surface area (Å²) in [5.41, 5.74) is 0.801. The highest BCUT2D eigenvalue weighted by Gasteiger charge is 2.31. The molecule has 2 amide bonds. The van der Waals surface area contributed by atoms with E-state index in [9.17, 15) is 9.59 Å². The summed E-state index contributed by atoms with van der Waals surface area (Å²) in [4.78, 5) is 26.8. The van der Waals surface area contributed by atoms with E-state index in [2.05, 4.69) is 10.4 Å². The van der Waals surface area contributed by atoms with Crippen LogP contribution in [0.15, 0.2) is 6.20 Å². The number of likely N-dealkylation sites (tertiary alicyclic amines) is 1. The minimum absolute atomic E-state index is 0.0200. The quantitative estimate of drug-likeness (QED) is 0.719. The Hall–Kier alpha value is -2.09. The van der Waals surface area contributed by atoms with Crippen molar-refractivity contribution in [2.45, 2.75) is 58.5 Å². The number of hydrogen-bond donors (Lipinski definition) is 1. The fraction of sp³-hybridized carbons (Fsp3) is 0.750. The van der Waals surface area contributed by atoms with Crippen LogP contribution in [0.1, 0.15) is 68.9 Å². The number of rotatable bonds is 7. The van der Waals surface area contributed by atoms with Crippen LogP contribution in [-0.4, -0.2) is 65.1 Å².